The average Bonchev–Trinajstić information content (AvgIpc) is 2.23. The highest BCUT2D eigenvalue weighted by Crippen LogP contribution is 2.27. The molecule has 0 spiro atoms. The molecule has 5 heteroatoms. The van der Waals surface area contributed by atoms with Gasteiger partial charge in [0.15, 0.2) is 0 Å². The smallest absolute Gasteiger partial charge is 0.307 e. The molecule has 0 amide bonds. The molecule has 17 heavy (non-hydrogen) atoms. The first-order valence-corrected chi connectivity index (χ1v) is 6.98. The quantitative estimate of drug-likeness (QED) is 0.803. The molecule has 1 rings (SSSR count). The normalized spacial score (nSPS) is 12.0. The van der Waals surface area contributed by atoms with Crippen molar-refractivity contribution in [3.8, 4) is 0 Å². The molecule has 0 fully saturated rings. The number of carbonyl (C=O) groups excluding carboxylic acids is 1. The third-order valence-corrected chi connectivity index (χ3v) is 3.29. The number of anilines is 1. The number of halogens is 2. The summed E-state index contributed by atoms with van der Waals surface area (Å²) in [7, 11) is 0. The first-order chi connectivity index (χ1) is 8.02. The second-order valence-electron chi connectivity index (χ2n) is 3.68. The Morgan fingerprint density at radius 3 is 2.82 bits per heavy atom. The molecule has 1 unspecified atom stereocenters. The molecule has 1 atom stereocenters. The highest BCUT2D eigenvalue weighted by molar-refractivity contribution is 9.11. The van der Waals surface area contributed by atoms with Crippen molar-refractivity contribution in [1.29, 1.82) is 0 Å². The maximum atomic E-state index is 11.3. The van der Waals surface area contributed by atoms with Crippen molar-refractivity contribution in [2.24, 2.45) is 0 Å². The lowest BCUT2D eigenvalue weighted by Gasteiger charge is -2.15. The van der Waals surface area contributed by atoms with Crippen molar-refractivity contribution in [2.75, 3.05) is 11.9 Å². The van der Waals surface area contributed by atoms with Crippen LogP contribution in [-0.4, -0.2) is 18.6 Å². The fourth-order valence-corrected chi connectivity index (χ4v) is 2.12. The summed E-state index contributed by atoms with van der Waals surface area (Å²) in [5, 5.41) is 3.26. The van der Waals surface area contributed by atoms with Crippen LogP contribution in [0.1, 0.15) is 20.3 Å². The van der Waals surface area contributed by atoms with Gasteiger partial charge in [0.25, 0.3) is 0 Å². The Balaban J connectivity index is 2.58. The Morgan fingerprint density at radius 1 is 1.47 bits per heavy atom. The molecule has 1 N–H and O–H groups in total. The second kappa shape index (κ2) is 7.01. The van der Waals surface area contributed by atoms with Gasteiger partial charge in [-0.15, -0.1) is 0 Å². The predicted octanol–water partition coefficient (Wildman–Crippen LogP) is 3.97. The van der Waals surface area contributed by atoms with Gasteiger partial charge in [-0.05, 0) is 48.0 Å². The van der Waals surface area contributed by atoms with E-state index in [-0.39, 0.29) is 12.0 Å². The van der Waals surface area contributed by atoms with Gasteiger partial charge in [0.1, 0.15) is 0 Å². The highest BCUT2D eigenvalue weighted by atomic mass is 79.9. The largest absolute Gasteiger partial charge is 0.466 e. The van der Waals surface area contributed by atoms with Crippen molar-refractivity contribution in [1.82, 2.24) is 0 Å². The van der Waals surface area contributed by atoms with Crippen LogP contribution >= 0.6 is 31.9 Å². The molecule has 0 aliphatic carbocycles. The van der Waals surface area contributed by atoms with Gasteiger partial charge in [-0.25, -0.2) is 0 Å². The van der Waals surface area contributed by atoms with Crippen LogP contribution in [0.3, 0.4) is 0 Å². The first-order valence-electron chi connectivity index (χ1n) is 5.40. The van der Waals surface area contributed by atoms with Crippen LogP contribution in [0.5, 0.6) is 0 Å². The van der Waals surface area contributed by atoms with Crippen molar-refractivity contribution in [3.63, 3.8) is 0 Å². The number of carbonyl (C=O) groups is 1. The summed E-state index contributed by atoms with van der Waals surface area (Å²) in [4.78, 5) is 11.3. The van der Waals surface area contributed by atoms with E-state index in [1.54, 1.807) is 6.92 Å². The molecule has 0 aliphatic heterocycles. The molecule has 1 aromatic rings. The second-order valence-corrected chi connectivity index (χ2v) is 5.45. The topological polar surface area (TPSA) is 38.3 Å². The van der Waals surface area contributed by atoms with E-state index in [2.05, 4.69) is 37.2 Å². The van der Waals surface area contributed by atoms with Gasteiger partial charge in [0.05, 0.1) is 13.0 Å². The number of hydrogen-bond acceptors (Lipinski definition) is 3. The van der Waals surface area contributed by atoms with Crippen molar-refractivity contribution >= 4 is 43.5 Å². The molecule has 0 aromatic heterocycles. The average molecular weight is 365 g/mol. The van der Waals surface area contributed by atoms with Crippen LogP contribution in [0.4, 0.5) is 5.69 Å². The number of esters is 1. The van der Waals surface area contributed by atoms with Crippen LogP contribution in [0.25, 0.3) is 0 Å². The molecular formula is C12H15Br2NO2. The Hall–Kier alpha value is -0.550. The van der Waals surface area contributed by atoms with E-state index in [0.717, 1.165) is 14.6 Å². The standard InChI is InChI=1S/C12H15Br2NO2/c1-3-17-12(16)6-8(2)15-11-7-9(13)4-5-10(11)14/h4-5,7-8,15H,3,6H2,1-2H3. The summed E-state index contributed by atoms with van der Waals surface area (Å²) in [6.07, 6.45) is 0.354. The van der Waals surface area contributed by atoms with Gasteiger partial charge in [-0.2, -0.15) is 0 Å². The lowest BCUT2D eigenvalue weighted by atomic mass is 10.2. The zero-order valence-corrected chi connectivity index (χ0v) is 13.0. The number of rotatable bonds is 5. The third-order valence-electron chi connectivity index (χ3n) is 2.11. The maximum Gasteiger partial charge on any atom is 0.307 e. The molecule has 94 valence electrons. The lowest BCUT2D eigenvalue weighted by molar-refractivity contribution is -0.143. The lowest BCUT2D eigenvalue weighted by Crippen LogP contribution is -2.21. The highest BCUT2D eigenvalue weighted by Gasteiger charge is 2.11. The molecule has 0 radical (unpaired) electrons. The third kappa shape index (κ3) is 5.08. The van der Waals surface area contributed by atoms with E-state index in [9.17, 15) is 4.79 Å². The van der Waals surface area contributed by atoms with Gasteiger partial charge in [0.2, 0.25) is 0 Å². The Bertz CT molecular complexity index is 396. The minimum absolute atomic E-state index is 0.0275. The molecule has 0 heterocycles. The minimum Gasteiger partial charge on any atom is -0.466 e. The Kier molecular flexibility index (Phi) is 5.98. The molecule has 0 saturated carbocycles. The van der Waals surface area contributed by atoms with Crippen molar-refractivity contribution in [3.05, 3.63) is 27.1 Å². The van der Waals surface area contributed by atoms with E-state index in [0.29, 0.717) is 13.0 Å². The number of hydrogen-bond donors (Lipinski definition) is 1. The number of nitrogens with one attached hydrogen (secondary N) is 1. The monoisotopic (exact) mass is 363 g/mol. The van der Waals surface area contributed by atoms with E-state index in [1.807, 2.05) is 25.1 Å². The Morgan fingerprint density at radius 2 is 2.18 bits per heavy atom. The van der Waals surface area contributed by atoms with Gasteiger partial charge < -0.3 is 10.1 Å². The van der Waals surface area contributed by atoms with Crippen molar-refractivity contribution < 1.29 is 9.53 Å². The summed E-state index contributed by atoms with van der Waals surface area (Å²) >= 11 is 6.87. The minimum atomic E-state index is -0.182. The first kappa shape index (κ1) is 14.5. The fourth-order valence-electron chi connectivity index (χ4n) is 1.39. The van der Waals surface area contributed by atoms with Gasteiger partial charge in [-0.3, -0.25) is 4.79 Å². The zero-order valence-electron chi connectivity index (χ0n) is 9.80. The summed E-state index contributed by atoms with van der Waals surface area (Å²) in [5.41, 5.74) is 0.955. The summed E-state index contributed by atoms with van der Waals surface area (Å²) in [6.45, 7) is 4.18. The SMILES string of the molecule is CCOC(=O)CC(C)Nc1cc(Br)ccc1Br. The Labute approximate surface area is 118 Å². The van der Waals surface area contributed by atoms with Crippen LogP contribution in [0.15, 0.2) is 27.1 Å². The molecule has 0 aliphatic rings. The van der Waals surface area contributed by atoms with Gasteiger partial charge in [0, 0.05) is 20.7 Å². The predicted molar refractivity (Wildman–Crippen MR) is 76.2 cm³/mol. The molecule has 0 saturated heterocycles. The summed E-state index contributed by atoms with van der Waals surface area (Å²) in [6, 6.07) is 5.89. The van der Waals surface area contributed by atoms with Crippen LogP contribution in [0.2, 0.25) is 0 Å². The van der Waals surface area contributed by atoms with E-state index < -0.39 is 0 Å². The van der Waals surface area contributed by atoms with Crippen molar-refractivity contribution in [2.45, 2.75) is 26.3 Å². The number of ether oxygens (including phenoxy) is 1. The zero-order chi connectivity index (χ0) is 12.8. The maximum absolute atomic E-state index is 11.3. The molecular weight excluding hydrogens is 350 g/mol. The molecule has 1 aromatic carbocycles. The van der Waals surface area contributed by atoms with Gasteiger partial charge >= 0.3 is 5.97 Å². The van der Waals surface area contributed by atoms with Crippen LogP contribution in [-0.2, 0) is 9.53 Å². The fraction of sp³-hybridized carbons (Fsp3) is 0.417. The van der Waals surface area contributed by atoms with Crippen LogP contribution < -0.4 is 5.32 Å². The summed E-state index contributed by atoms with van der Waals surface area (Å²) < 4.78 is 6.87. The van der Waals surface area contributed by atoms with Crippen LogP contribution in [0, 0.1) is 0 Å². The summed E-state index contributed by atoms with van der Waals surface area (Å²) in [5.74, 6) is -0.182. The van der Waals surface area contributed by atoms with E-state index in [1.165, 1.54) is 0 Å². The molecule has 3 nitrogen and oxygen atoms in total. The number of benzene rings is 1. The van der Waals surface area contributed by atoms with Gasteiger partial charge in [-0.1, -0.05) is 15.9 Å². The van der Waals surface area contributed by atoms with E-state index in [4.69, 9.17) is 4.74 Å². The molecule has 0 bridgehead atoms. The van der Waals surface area contributed by atoms with E-state index >= 15 is 0 Å².